The van der Waals surface area contributed by atoms with E-state index in [2.05, 4.69) is 27.6 Å². The van der Waals surface area contributed by atoms with Gasteiger partial charge in [0.1, 0.15) is 5.82 Å². The molecule has 1 atom stereocenters. The van der Waals surface area contributed by atoms with Crippen molar-refractivity contribution < 1.29 is 0 Å². The number of aryl methyl sites for hydroxylation is 2. The Balaban J connectivity index is 1.60. The normalized spacial score (nSPS) is 20.0. The molecule has 5 heteroatoms. The van der Waals surface area contributed by atoms with Gasteiger partial charge in [-0.3, -0.25) is 4.90 Å². The van der Waals surface area contributed by atoms with Crippen molar-refractivity contribution >= 4 is 22.9 Å². The second kappa shape index (κ2) is 6.95. The van der Waals surface area contributed by atoms with Crippen LogP contribution in [0.4, 0.5) is 0 Å². The third-order valence-electron chi connectivity index (χ3n) is 4.36. The molecule has 1 aliphatic heterocycles. The number of aromatic nitrogens is 2. The summed E-state index contributed by atoms with van der Waals surface area (Å²) < 4.78 is 3.03. The number of rotatable bonds is 5. The van der Waals surface area contributed by atoms with E-state index >= 15 is 0 Å². The number of likely N-dealkylation sites (tertiary alicyclic amines) is 1. The molecule has 0 bridgehead atoms. The number of hydrogen-bond acceptors (Lipinski definition) is 3. The van der Waals surface area contributed by atoms with E-state index < -0.39 is 0 Å². The van der Waals surface area contributed by atoms with E-state index in [9.17, 15) is 0 Å². The Labute approximate surface area is 135 Å². The fourth-order valence-electron chi connectivity index (χ4n) is 3.17. The topological polar surface area (TPSA) is 21.1 Å². The van der Waals surface area contributed by atoms with Gasteiger partial charge in [-0.15, -0.1) is 11.3 Å². The van der Waals surface area contributed by atoms with Crippen LogP contribution in [0, 0.1) is 0 Å². The molecular weight excluding hydrogens is 302 g/mol. The van der Waals surface area contributed by atoms with Gasteiger partial charge in [0.15, 0.2) is 0 Å². The predicted molar refractivity (Wildman–Crippen MR) is 88.9 cm³/mol. The molecule has 0 N–H and O–H groups in total. The first-order chi connectivity index (χ1) is 10.2. The Bertz CT molecular complexity index is 578. The minimum absolute atomic E-state index is 0.677. The van der Waals surface area contributed by atoms with Crippen molar-refractivity contribution in [1.29, 1.82) is 0 Å². The molecule has 0 amide bonds. The molecule has 3 heterocycles. The third-order valence-corrected chi connectivity index (χ3v) is 5.57. The lowest BCUT2D eigenvalue weighted by Gasteiger charge is -2.35. The van der Waals surface area contributed by atoms with E-state index in [1.807, 2.05) is 18.5 Å². The van der Waals surface area contributed by atoms with Crippen LogP contribution in [-0.4, -0.2) is 27.0 Å². The van der Waals surface area contributed by atoms with Crippen molar-refractivity contribution in [3.63, 3.8) is 0 Å². The average molecular weight is 324 g/mol. The number of thiophene rings is 1. The first kappa shape index (κ1) is 15.1. The molecule has 1 unspecified atom stereocenters. The number of piperidine rings is 1. The van der Waals surface area contributed by atoms with Gasteiger partial charge < -0.3 is 4.57 Å². The van der Waals surface area contributed by atoms with E-state index in [1.54, 1.807) is 11.3 Å². The van der Waals surface area contributed by atoms with Gasteiger partial charge in [-0.05, 0) is 37.9 Å². The van der Waals surface area contributed by atoms with Crippen LogP contribution in [-0.2, 0) is 20.0 Å². The minimum Gasteiger partial charge on any atom is -0.338 e. The van der Waals surface area contributed by atoms with E-state index in [1.165, 1.54) is 42.9 Å². The third kappa shape index (κ3) is 3.87. The van der Waals surface area contributed by atoms with Gasteiger partial charge in [0.25, 0.3) is 0 Å². The Morgan fingerprint density at radius 3 is 3.00 bits per heavy atom. The molecule has 1 fully saturated rings. The van der Waals surface area contributed by atoms with Crippen LogP contribution in [0.15, 0.2) is 24.5 Å². The quantitative estimate of drug-likeness (QED) is 0.825. The molecule has 3 nitrogen and oxygen atoms in total. The standard InChI is InChI=1S/C16H22ClN3S/c1-19-11-9-18-16(19)8-5-13-4-2-3-10-20(13)12-14-6-7-15(17)21-14/h6-7,9,11,13H,2-5,8,10,12H2,1H3. The Morgan fingerprint density at radius 1 is 1.38 bits per heavy atom. The highest BCUT2D eigenvalue weighted by Gasteiger charge is 2.23. The molecule has 1 saturated heterocycles. The van der Waals surface area contributed by atoms with Crippen LogP contribution in [0.25, 0.3) is 0 Å². The summed E-state index contributed by atoms with van der Waals surface area (Å²) in [5.41, 5.74) is 0. The van der Waals surface area contributed by atoms with E-state index in [0.29, 0.717) is 6.04 Å². The van der Waals surface area contributed by atoms with Gasteiger partial charge in [-0.25, -0.2) is 4.98 Å². The molecule has 0 aromatic carbocycles. The van der Waals surface area contributed by atoms with Gasteiger partial charge in [0.05, 0.1) is 4.34 Å². The van der Waals surface area contributed by atoms with Crippen LogP contribution in [0.3, 0.4) is 0 Å². The summed E-state index contributed by atoms with van der Waals surface area (Å²) in [7, 11) is 2.08. The predicted octanol–water partition coefficient (Wildman–Crippen LogP) is 4.12. The van der Waals surface area contributed by atoms with Gasteiger partial charge in [-0.1, -0.05) is 18.0 Å². The zero-order valence-electron chi connectivity index (χ0n) is 12.5. The van der Waals surface area contributed by atoms with E-state index in [4.69, 9.17) is 11.6 Å². The van der Waals surface area contributed by atoms with Crippen LogP contribution in [0.1, 0.15) is 36.4 Å². The first-order valence-corrected chi connectivity index (χ1v) is 8.86. The Hall–Kier alpha value is -0.840. The summed E-state index contributed by atoms with van der Waals surface area (Å²) in [5.74, 6) is 1.19. The highest BCUT2D eigenvalue weighted by Crippen LogP contribution is 2.27. The lowest BCUT2D eigenvalue weighted by atomic mass is 9.97. The zero-order chi connectivity index (χ0) is 14.7. The summed E-state index contributed by atoms with van der Waals surface area (Å²) in [6, 6.07) is 4.85. The lowest BCUT2D eigenvalue weighted by molar-refractivity contribution is 0.133. The second-order valence-corrected chi connectivity index (χ2v) is 7.62. The summed E-state index contributed by atoms with van der Waals surface area (Å²) >= 11 is 7.76. The molecular formula is C16H22ClN3S. The van der Waals surface area contributed by atoms with Gasteiger partial charge in [-0.2, -0.15) is 0 Å². The smallest absolute Gasteiger partial charge is 0.108 e. The molecule has 2 aromatic heterocycles. The molecule has 2 aromatic rings. The maximum absolute atomic E-state index is 6.05. The molecule has 3 rings (SSSR count). The lowest BCUT2D eigenvalue weighted by Crippen LogP contribution is -2.39. The molecule has 0 aliphatic carbocycles. The summed E-state index contributed by atoms with van der Waals surface area (Å²) in [4.78, 5) is 8.45. The summed E-state index contributed by atoms with van der Waals surface area (Å²) in [5, 5.41) is 0. The van der Waals surface area contributed by atoms with Crippen molar-refractivity contribution in [2.75, 3.05) is 6.54 Å². The van der Waals surface area contributed by atoms with Crippen LogP contribution >= 0.6 is 22.9 Å². The maximum Gasteiger partial charge on any atom is 0.108 e. The van der Waals surface area contributed by atoms with Crippen molar-refractivity contribution in [3.05, 3.63) is 39.6 Å². The van der Waals surface area contributed by atoms with Gasteiger partial charge in [0.2, 0.25) is 0 Å². The number of nitrogens with zero attached hydrogens (tertiary/aromatic N) is 3. The minimum atomic E-state index is 0.677. The molecule has 0 spiro atoms. The fourth-order valence-corrected chi connectivity index (χ4v) is 4.28. The Morgan fingerprint density at radius 2 is 2.29 bits per heavy atom. The summed E-state index contributed by atoms with van der Waals surface area (Å²) in [6.45, 7) is 2.25. The van der Waals surface area contributed by atoms with Crippen molar-refractivity contribution in [1.82, 2.24) is 14.5 Å². The number of hydrogen-bond donors (Lipinski definition) is 0. The molecule has 1 aliphatic rings. The van der Waals surface area contributed by atoms with Crippen molar-refractivity contribution in [2.45, 2.75) is 44.7 Å². The zero-order valence-corrected chi connectivity index (χ0v) is 14.0. The van der Waals surface area contributed by atoms with Crippen LogP contribution < -0.4 is 0 Å². The second-order valence-electron chi connectivity index (χ2n) is 5.82. The van der Waals surface area contributed by atoms with Crippen LogP contribution in [0.5, 0.6) is 0 Å². The highest BCUT2D eigenvalue weighted by atomic mass is 35.5. The van der Waals surface area contributed by atoms with E-state index in [-0.39, 0.29) is 0 Å². The Kier molecular flexibility index (Phi) is 4.99. The highest BCUT2D eigenvalue weighted by molar-refractivity contribution is 7.16. The SMILES string of the molecule is Cn1ccnc1CCC1CCCCN1Cc1ccc(Cl)s1. The number of halogens is 1. The number of imidazole rings is 1. The molecule has 114 valence electrons. The van der Waals surface area contributed by atoms with E-state index in [0.717, 1.165) is 17.3 Å². The van der Waals surface area contributed by atoms with Gasteiger partial charge in [0, 0.05) is 43.3 Å². The van der Waals surface area contributed by atoms with Crippen molar-refractivity contribution in [2.24, 2.45) is 7.05 Å². The maximum atomic E-state index is 6.05. The fraction of sp³-hybridized carbons (Fsp3) is 0.562. The first-order valence-electron chi connectivity index (χ1n) is 7.67. The molecule has 0 radical (unpaired) electrons. The molecule has 21 heavy (non-hydrogen) atoms. The van der Waals surface area contributed by atoms with Crippen molar-refractivity contribution in [3.8, 4) is 0 Å². The summed E-state index contributed by atoms with van der Waals surface area (Å²) in [6.07, 6.45) is 10.2. The average Bonchev–Trinajstić information content (AvgIpc) is 3.07. The largest absolute Gasteiger partial charge is 0.338 e. The monoisotopic (exact) mass is 323 g/mol. The van der Waals surface area contributed by atoms with Crippen LogP contribution in [0.2, 0.25) is 4.34 Å². The molecule has 0 saturated carbocycles. The van der Waals surface area contributed by atoms with Gasteiger partial charge >= 0.3 is 0 Å².